The molecule has 5 heterocycles. The number of imidazole rings is 1. The molecule has 1 N–H and O–H groups in total. The number of aryl methyl sites for hydroxylation is 1. The summed E-state index contributed by atoms with van der Waals surface area (Å²) < 4.78 is 17.6. The summed E-state index contributed by atoms with van der Waals surface area (Å²) in [5, 5.41) is 5.04. The number of fused-ring (bicyclic) bond motifs is 2. The molecule has 1 atom stereocenters. The highest BCUT2D eigenvalue weighted by atomic mass is 32.1. The third-order valence-electron chi connectivity index (χ3n) is 8.36. The number of halogens is 1. The Balaban J connectivity index is 1.19. The van der Waals surface area contributed by atoms with Crippen LogP contribution in [0.25, 0.3) is 11.1 Å². The van der Waals surface area contributed by atoms with Gasteiger partial charge in [0.15, 0.2) is 11.2 Å². The van der Waals surface area contributed by atoms with Crippen LogP contribution in [0.3, 0.4) is 0 Å². The molecule has 3 aliphatic rings. The van der Waals surface area contributed by atoms with Gasteiger partial charge in [0, 0.05) is 66.8 Å². The summed E-state index contributed by atoms with van der Waals surface area (Å²) >= 11 is 1.30. The summed E-state index contributed by atoms with van der Waals surface area (Å²) in [6, 6.07) is 10.3. The van der Waals surface area contributed by atoms with Gasteiger partial charge in [0.25, 0.3) is 11.8 Å². The summed E-state index contributed by atoms with van der Waals surface area (Å²) in [7, 11) is 2.13. The number of carbonyl (C=O) groups is 2. The van der Waals surface area contributed by atoms with E-state index in [1.807, 2.05) is 16.7 Å². The number of benzene rings is 2. The molecule has 0 spiro atoms. The van der Waals surface area contributed by atoms with E-state index in [0.29, 0.717) is 22.0 Å². The van der Waals surface area contributed by atoms with Gasteiger partial charge in [0.1, 0.15) is 5.82 Å². The van der Waals surface area contributed by atoms with E-state index in [2.05, 4.69) is 44.3 Å². The molecule has 0 saturated carbocycles. The maximum absolute atomic E-state index is 15.6. The Morgan fingerprint density at radius 2 is 1.85 bits per heavy atom. The fraction of sp³-hybridized carbons (Fsp3) is 0.333. The molecule has 7 rings (SSSR count). The summed E-state index contributed by atoms with van der Waals surface area (Å²) in [6.07, 6.45) is 5.05. The van der Waals surface area contributed by atoms with Gasteiger partial charge < -0.3 is 19.3 Å². The van der Waals surface area contributed by atoms with Crippen molar-refractivity contribution in [2.45, 2.75) is 32.0 Å². The summed E-state index contributed by atoms with van der Waals surface area (Å²) in [5.74, 6) is -1.24. The Kier molecular flexibility index (Phi) is 6.55. The van der Waals surface area contributed by atoms with Crippen molar-refractivity contribution in [3.05, 3.63) is 82.6 Å². The highest BCUT2D eigenvalue weighted by Crippen LogP contribution is 2.38. The molecule has 210 valence electrons. The fourth-order valence-corrected chi connectivity index (χ4v) is 6.63. The van der Waals surface area contributed by atoms with Crippen molar-refractivity contribution in [3.8, 4) is 11.1 Å². The van der Waals surface area contributed by atoms with Crippen molar-refractivity contribution >= 4 is 34.0 Å². The monoisotopic (exact) mass is 571 g/mol. The molecule has 2 amide bonds. The molecular formula is C30H30FN7O2S. The van der Waals surface area contributed by atoms with Crippen molar-refractivity contribution in [2.75, 3.05) is 43.4 Å². The Labute approximate surface area is 241 Å². The largest absolute Gasteiger partial charge is 0.369 e. The van der Waals surface area contributed by atoms with Crippen LogP contribution < -0.4 is 10.2 Å². The van der Waals surface area contributed by atoms with E-state index in [1.165, 1.54) is 22.3 Å². The minimum Gasteiger partial charge on any atom is -0.369 e. The molecule has 41 heavy (non-hydrogen) atoms. The average molecular weight is 572 g/mol. The van der Waals surface area contributed by atoms with Crippen LogP contribution >= 0.6 is 11.3 Å². The molecule has 4 aromatic rings. The molecule has 0 radical (unpaired) electrons. The van der Waals surface area contributed by atoms with Crippen LogP contribution in [0, 0.1) is 5.82 Å². The number of thiazole rings is 1. The summed E-state index contributed by atoms with van der Waals surface area (Å²) in [5.41, 5.74) is 4.66. The third-order valence-corrected chi connectivity index (χ3v) is 9.05. The molecule has 0 bridgehead atoms. The Morgan fingerprint density at radius 1 is 1.05 bits per heavy atom. The number of carbonyl (C=O) groups excluding carboxylic acids is 2. The van der Waals surface area contributed by atoms with E-state index < -0.39 is 17.8 Å². The Bertz CT molecular complexity index is 1610. The molecule has 0 aliphatic carbocycles. The molecule has 1 fully saturated rings. The van der Waals surface area contributed by atoms with Crippen LogP contribution in [0.15, 0.2) is 54.3 Å². The number of aromatic nitrogens is 3. The zero-order valence-corrected chi connectivity index (χ0v) is 23.5. The first-order valence-electron chi connectivity index (χ1n) is 13.9. The SMILES string of the molecule is CN1CCN(c2ccc(-c3cc(F)c4c(c3)C(=O)N(C(C(=O)Nc3nccs3)c3ncn5c3CCC5)C4)cc2)CC1. The predicted molar refractivity (Wildman–Crippen MR) is 155 cm³/mol. The van der Waals surface area contributed by atoms with E-state index in [0.717, 1.165) is 62.5 Å². The lowest BCUT2D eigenvalue weighted by atomic mass is 9.99. The minimum absolute atomic E-state index is 0.00905. The van der Waals surface area contributed by atoms with Gasteiger partial charge in [-0.05, 0) is 55.3 Å². The summed E-state index contributed by atoms with van der Waals surface area (Å²) in [6.45, 7) is 4.77. The molecule has 2 aromatic heterocycles. The predicted octanol–water partition coefficient (Wildman–Crippen LogP) is 4.18. The van der Waals surface area contributed by atoms with Crippen molar-refractivity contribution in [1.29, 1.82) is 0 Å². The first kappa shape index (κ1) is 25.8. The zero-order chi connectivity index (χ0) is 28.1. The van der Waals surface area contributed by atoms with Crippen molar-refractivity contribution in [1.82, 2.24) is 24.3 Å². The molecule has 9 nitrogen and oxygen atoms in total. The standard InChI is InChI=1S/C30H30FN7O2S/c1-35-10-12-36(13-11-35)21-6-4-19(5-7-21)20-15-22-23(24(31)16-20)17-38(29(22)40)27(28(39)34-30-32-8-14-41-30)26-25-3-2-9-37(25)18-33-26/h4-8,14-16,18,27H,2-3,9-13,17H2,1H3,(H,32,34,39). The average Bonchev–Trinajstić information content (AvgIpc) is 3.78. The van der Waals surface area contributed by atoms with Crippen molar-refractivity contribution in [3.63, 3.8) is 0 Å². The van der Waals surface area contributed by atoms with E-state index in [9.17, 15) is 9.59 Å². The van der Waals surface area contributed by atoms with E-state index in [-0.39, 0.29) is 18.0 Å². The lowest BCUT2D eigenvalue weighted by molar-refractivity contribution is -0.121. The van der Waals surface area contributed by atoms with Gasteiger partial charge in [0.05, 0.1) is 18.6 Å². The van der Waals surface area contributed by atoms with Crippen LogP contribution in [0.5, 0.6) is 0 Å². The molecule has 1 unspecified atom stereocenters. The smallest absolute Gasteiger partial charge is 0.255 e. The number of hydrogen-bond donors (Lipinski definition) is 1. The molecule has 1 saturated heterocycles. The lowest BCUT2D eigenvalue weighted by Crippen LogP contribution is -2.44. The second-order valence-electron chi connectivity index (χ2n) is 10.9. The lowest BCUT2D eigenvalue weighted by Gasteiger charge is -2.34. The number of nitrogens with one attached hydrogen (secondary N) is 1. The van der Waals surface area contributed by atoms with E-state index in [1.54, 1.807) is 24.0 Å². The number of amides is 2. The second-order valence-corrected chi connectivity index (χ2v) is 11.8. The second kappa shape index (κ2) is 10.4. The van der Waals surface area contributed by atoms with Gasteiger partial charge in [-0.15, -0.1) is 11.3 Å². The van der Waals surface area contributed by atoms with Gasteiger partial charge in [-0.2, -0.15) is 0 Å². The van der Waals surface area contributed by atoms with E-state index >= 15 is 4.39 Å². The van der Waals surface area contributed by atoms with Crippen molar-refractivity contribution in [2.24, 2.45) is 0 Å². The maximum Gasteiger partial charge on any atom is 0.255 e. The minimum atomic E-state index is -1.00. The van der Waals surface area contributed by atoms with Gasteiger partial charge in [-0.1, -0.05) is 12.1 Å². The summed E-state index contributed by atoms with van der Waals surface area (Å²) in [4.78, 5) is 42.4. The highest BCUT2D eigenvalue weighted by Gasteiger charge is 2.42. The first-order valence-corrected chi connectivity index (χ1v) is 14.8. The molecule has 3 aliphatic heterocycles. The number of nitrogens with zero attached hydrogens (tertiary/aromatic N) is 6. The number of anilines is 2. The Hall–Kier alpha value is -4.09. The van der Waals surface area contributed by atoms with Crippen LogP contribution in [-0.4, -0.2) is 69.4 Å². The van der Waals surface area contributed by atoms with Gasteiger partial charge in [-0.25, -0.2) is 14.4 Å². The van der Waals surface area contributed by atoms with Gasteiger partial charge >= 0.3 is 0 Å². The maximum atomic E-state index is 15.6. The quantitative estimate of drug-likeness (QED) is 0.374. The van der Waals surface area contributed by atoms with Crippen LogP contribution in [0.2, 0.25) is 0 Å². The van der Waals surface area contributed by atoms with Gasteiger partial charge in [-0.3, -0.25) is 14.9 Å². The number of piperazine rings is 1. The fourth-order valence-electron chi connectivity index (χ4n) is 6.09. The molecule has 2 aromatic carbocycles. The van der Waals surface area contributed by atoms with Crippen LogP contribution in [-0.2, 0) is 24.3 Å². The Morgan fingerprint density at radius 3 is 2.61 bits per heavy atom. The number of hydrogen-bond acceptors (Lipinski definition) is 7. The zero-order valence-electron chi connectivity index (χ0n) is 22.7. The number of rotatable bonds is 6. The van der Waals surface area contributed by atoms with E-state index in [4.69, 9.17) is 0 Å². The normalized spacial score (nSPS) is 17.6. The van der Waals surface area contributed by atoms with Crippen molar-refractivity contribution < 1.29 is 14.0 Å². The first-order chi connectivity index (χ1) is 20.0. The third kappa shape index (κ3) is 4.68. The molecular weight excluding hydrogens is 541 g/mol. The van der Waals surface area contributed by atoms with Gasteiger partial charge in [0.2, 0.25) is 0 Å². The molecule has 11 heteroatoms. The number of likely N-dealkylation sites (N-methyl/N-ethyl adjacent to an activating group) is 1. The van der Waals surface area contributed by atoms with Crippen LogP contribution in [0.4, 0.5) is 15.2 Å². The highest BCUT2D eigenvalue weighted by molar-refractivity contribution is 7.13. The van der Waals surface area contributed by atoms with Crippen LogP contribution in [0.1, 0.15) is 39.8 Å². The topological polar surface area (TPSA) is 86.6 Å².